The Balaban J connectivity index is 2.07. The van der Waals surface area contributed by atoms with Crippen LogP contribution in [0.15, 0.2) is 30.6 Å². The summed E-state index contributed by atoms with van der Waals surface area (Å²) in [4.78, 5) is 3.53. The van der Waals surface area contributed by atoms with E-state index >= 15 is 0 Å². The van der Waals surface area contributed by atoms with Crippen LogP contribution in [0, 0.1) is 5.82 Å². The molecule has 4 nitrogen and oxygen atoms in total. The highest BCUT2D eigenvalue weighted by atomic mass is 19.4. The molecule has 0 saturated carbocycles. The molecule has 0 aliphatic carbocycles. The fourth-order valence-corrected chi connectivity index (χ4v) is 1.22. The lowest BCUT2D eigenvalue weighted by Gasteiger charge is -2.04. The van der Waals surface area contributed by atoms with Gasteiger partial charge >= 0.3 is 12.2 Å². The molecule has 1 aromatic carbocycles. The SMILES string of the molecule is Fc1cccc(Oc2ncn(CC(F)(F)F)n2)c1. The quantitative estimate of drug-likeness (QED) is 0.797. The number of benzene rings is 1. The summed E-state index contributed by atoms with van der Waals surface area (Å²) < 4.78 is 54.6. The van der Waals surface area contributed by atoms with Crippen LogP contribution in [0.2, 0.25) is 0 Å². The molecule has 2 aromatic rings. The maximum Gasteiger partial charge on any atom is 0.408 e. The molecule has 0 radical (unpaired) electrons. The molecule has 18 heavy (non-hydrogen) atoms. The summed E-state index contributed by atoms with van der Waals surface area (Å²) in [7, 11) is 0. The van der Waals surface area contributed by atoms with Crippen molar-refractivity contribution in [2.75, 3.05) is 0 Å². The second-order valence-electron chi connectivity index (χ2n) is 3.40. The van der Waals surface area contributed by atoms with Crippen LogP contribution in [0.1, 0.15) is 0 Å². The summed E-state index contributed by atoms with van der Waals surface area (Å²) >= 11 is 0. The Bertz CT molecular complexity index is 538. The van der Waals surface area contributed by atoms with Gasteiger partial charge in [0.05, 0.1) is 0 Å². The normalized spacial score (nSPS) is 11.6. The first-order valence-electron chi connectivity index (χ1n) is 4.82. The van der Waals surface area contributed by atoms with Crippen LogP contribution < -0.4 is 4.74 Å². The van der Waals surface area contributed by atoms with Gasteiger partial charge in [-0.15, -0.1) is 5.10 Å². The fraction of sp³-hybridized carbons (Fsp3) is 0.200. The van der Waals surface area contributed by atoms with Gasteiger partial charge in [-0.25, -0.2) is 9.07 Å². The number of hydrogen-bond acceptors (Lipinski definition) is 3. The topological polar surface area (TPSA) is 39.9 Å². The zero-order valence-electron chi connectivity index (χ0n) is 8.86. The highest BCUT2D eigenvalue weighted by Crippen LogP contribution is 2.20. The Kier molecular flexibility index (Phi) is 3.17. The van der Waals surface area contributed by atoms with Crippen LogP contribution in [0.4, 0.5) is 17.6 Å². The zero-order chi connectivity index (χ0) is 13.2. The predicted octanol–water partition coefficient (Wildman–Crippen LogP) is 2.77. The smallest absolute Gasteiger partial charge is 0.408 e. The van der Waals surface area contributed by atoms with Gasteiger partial charge in [-0.1, -0.05) is 6.07 Å². The van der Waals surface area contributed by atoms with Gasteiger partial charge in [0.1, 0.15) is 24.4 Å². The molecule has 2 rings (SSSR count). The molecule has 1 heterocycles. The van der Waals surface area contributed by atoms with Gasteiger partial charge in [-0.2, -0.15) is 18.2 Å². The van der Waals surface area contributed by atoms with Crippen molar-refractivity contribution in [3.63, 3.8) is 0 Å². The first kappa shape index (κ1) is 12.3. The van der Waals surface area contributed by atoms with E-state index in [0.29, 0.717) is 4.68 Å². The van der Waals surface area contributed by atoms with Gasteiger partial charge in [0.25, 0.3) is 0 Å². The molecule has 0 spiro atoms. The minimum Gasteiger partial charge on any atom is -0.423 e. The van der Waals surface area contributed by atoms with Gasteiger partial charge in [-0.3, -0.25) is 0 Å². The number of halogens is 4. The lowest BCUT2D eigenvalue weighted by molar-refractivity contribution is -0.142. The van der Waals surface area contributed by atoms with Crippen LogP contribution in [-0.2, 0) is 6.54 Å². The molecule has 0 unspecified atom stereocenters. The van der Waals surface area contributed by atoms with E-state index in [2.05, 4.69) is 10.1 Å². The Hall–Kier alpha value is -2.12. The van der Waals surface area contributed by atoms with E-state index in [4.69, 9.17) is 4.74 Å². The maximum absolute atomic E-state index is 12.8. The second-order valence-corrected chi connectivity index (χ2v) is 3.40. The van der Waals surface area contributed by atoms with Crippen molar-refractivity contribution >= 4 is 0 Å². The lowest BCUT2D eigenvalue weighted by Crippen LogP contribution is -2.17. The van der Waals surface area contributed by atoms with Crippen LogP contribution in [0.3, 0.4) is 0 Å². The third kappa shape index (κ3) is 3.44. The van der Waals surface area contributed by atoms with Crippen molar-refractivity contribution < 1.29 is 22.3 Å². The molecule has 0 aliphatic rings. The van der Waals surface area contributed by atoms with Crippen LogP contribution >= 0.6 is 0 Å². The summed E-state index contributed by atoms with van der Waals surface area (Å²) in [5, 5.41) is 3.46. The second kappa shape index (κ2) is 4.63. The molecule has 0 atom stereocenters. The predicted molar refractivity (Wildman–Crippen MR) is 52.6 cm³/mol. The van der Waals surface area contributed by atoms with Gasteiger partial charge in [0.15, 0.2) is 0 Å². The molecule has 0 fully saturated rings. The van der Waals surface area contributed by atoms with E-state index in [1.165, 1.54) is 18.2 Å². The van der Waals surface area contributed by atoms with Crippen molar-refractivity contribution in [1.82, 2.24) is 14.8 Å². The Morgan fingerprint density at radius 3 is 2.72 bits per heavy atom. The fourth-order valence-electron chi connectivity index (χ4n) is 1.22. The average molecular weight is 261 g/mol. The lowest BCUT2D eigenvalue weighted by atomic mass is 10.3. The van der Waals surface area contributed by atoms with Crippen molar-refractivity contribution in [3.05, 3.63) is 36.4 Å². The zero-order valence-corrected chi connectivity index (χ0v) is 8.86. The largest absolute Gasteiger partial charge is 0.423 e. The van der Waals surface area contributed by atoms with Gasteiger partial charge in [-0.05, 0) is 12.1 Å². The van der Waals surface area contributed by atoms with E-state index < -0.39 is 18.5 Å². The van der Waals surface area contributed by atoms with Crippen LogP contribution in [0.5, 0.6) is 11.8 Å². The molecular formula is C10H7F4N3O. The summed E-state index contributed by atoms with van der Waals surface area (Å²) in [6.07, 6.45) is -3.49. The number of ether oxygens (including phenoxy) is 1. The van der Waals surface area contributed by atoms with E-state index in [9.17, 15) is 17.6 Å². The van der Waals surface area contributed by atoms with Gasteiger partial charge < -0.3 is 4.74 Å². The van der Waals surface area contributed by atoms with E-state index in [0.717, 1.165) is 12.4 Å². The molecule has 0 saturated heterocycles. The number of alkyl halides is 3. The molecule has 0 aliphatic heterocycles. The highest BCUT2D eigenvalue weighted by Gasteiger charge is 2.28. The van der Waals surface area contributed by atoms with Gasteiger partial charge in [0.2, 0.25) is 0 Å². The third-order valence-electron chi connectivity index (χ3n) is 1.86. The Morgan fingerprint density at radius 1 is 1.28 bits per heavy atom. The standard InChI is InChI=1S/C10H7F4N3O/c11-7-2-1-3-8(4-7)18-9-15-6-17(16-9)5-10(12,13)14/h1-4,6H,5H2. The highest BCUT2D eigenvalue weighted by molar-refractivity contribution is 5.24. The number of aromatic nitrogens is 3. The van der Waals surface area contributed by atoms with Crippen molar-refractivity contribution in [2.24, 2.45) is 0 Å². The Morgan fingerprint density at radius 2 is 2.06 bits per heavy atom. The molecule has 1 aromatic heterocycles. The molecule has 0 bridgehead atoms. The average Bonchev–Trinajstić information content (AvgIpc) is 2.62. The molecule has 96 valence electrons. The third-order valence-corrected chi connectivity index (χ3v) is 1.86. The van der Waals surface area contributed by atoms with E-state index in [-0.39, 0.29) is 11.8 Å². The number of hydrogen-bond donors (Lipinski definition) is 0. The summed E-state index contributed by atoms with van der Waals surface area (Å²) in [6.45, 7) is -1.26. The first-order chi connectivity index (χ1) is 8.42. The van der Waals surface area contributed by atoms with E-state index in [1.807, 2.05) is 0 Å². The summed E-state index contributed by atoms with van der Waals surface area (Å²) in [5.41, 5.74) is 0. The summed E-state index contributed by atoms with van der Waals surface area (Å²) in [5.74, 6) is -0.415. The minimum absolute atomic E-state index is 0.111. The van der Waals surface area contributed by atoms with Gasteiger partial charge in [0, 0.05) is 6.07 Å². The molecule has 8 heteroatoms. The Labute approximate surface area is 98.8 Å². The van der Waals surface area contributed by atoms with Crippen molar-refractivity contribution in [1.29, 1.82) is 0 Å². The van der Waals surface area contributed by atoms with Crippen molar-refractivity contribution in [2.45, 2.75) is 12.7 Å². The molecular weight excluding hydrogens is 254 g/mol. The number of rotatable bonds is 3. The maximum atomic E-state index is 12.8. The monoisotopic (exact) mass is 261 g/mol. The van der Waals surface area contributed by atoms with E-state index in [1.54, 1.807) is 0 Å². The molecule has 0 amide bonds. The van der Waals surface area contributed by atoms with Crippen LogP contribution in [0.25, 0.3) is 0 Å². The minimum atomic E-state index is -4.39. The molecule has 0 N–H and O–H groups in total. The van der Waals surface area contributed by atoms with Crippen LogP contribution in [-0.4, -0.2) is 20.9 Å². The first-order valence-corrected chi connectivity index (χ1v) is 4.82. The number of nitrogens with zero attached hydrogens (tertiary/aromatic N) is 3. The van der Waals surface area contributed by atoms with Crippen molar-refractivity contribution in [3.8, 4) is 11.8 Å². The summed E-state index contributed by atoms with van der Waals surface area (Å²) in [6, 6.07) is 4.85.